The summed E-state index contributed by atoms with van der Waals surface area (Å²) >= 11 is 2.86. The highest BCUT2D eigenvalue weighted by Gasteiger charge is 2.26. The van der Waals surface area contributed by atoms with Crippen molar-refractivity contribution in [2.24, 2.45) is 5.92 Å². The van der Waals surface area contributed by atoms with Crippen molar-refractivity contribution in [2.75, 3.05) is 11.1 Å². The molecule has 164 valence electrons. The Bertz CT molecular complexity index is 1160. The largest absolute Gasteiger partial charge is 0.316 e. The van der Waals surface area contributed by atoms with Crippen LogP contribution in [0.25, 0.3) is 11.4 Å². The number of carbonyl (C=O) groups is 1. The van der Waals surface area contributed by atoms with E-state index in [2.05, 4.69) is 40.1 Å². The molecular weight excluding hydrogens is 440 g/mol. The predicted octanol–water partition coefficient (Wildman–Crippen LogP) is 4.70. The van der Waals surface area contributed by atoms with E-state index >= 15 is 0 Å². The fraction of sp³-hybridized carbons (Fsp3) is 0.348. The lowest BCUT2D eigenvalue weighted by Gasteiger charge is -2.20. The number of hydrogen-bond acceptors (Lipinski definition) is 7. The van der Waals surface area contributed by atoms with Gasteiger partial charge < -0.3 is 5.32 Å². The minimum absolute atomic E-state index is 0.159. The molecule has 1 atom stereocenters. The summed E-state index contributed by atoms with van der Waals surface area (Å²) in [6.45, 7) is 6.55. The van der Waals surface area contributed by atoms with E-state index in [1.54, 1.807) is 29.8 Å². The highest BCUT2D eigenvalue weighted by Crippen LogP contribution is 2.40. The van der Waals surface area contributed by atoms with Gasteiger partial charge in [-0.05, 0) is 42.9 Å². The van der Waals surface area contributed by atoms with Gasteiger partial charge in [-0.15, -0.1) is 28.1 Å². The summed E-state index contributed by atoms with van der Waals surface area (Å²) in [5, 5.41) is 22.5. The maximum absolute atomic E-state index is 12.7. The first-order valence-electron chi connectivity index (χ1n) is 10.6. The first kappa shape index (κ1) is 22.2. The summed E-state index contributed by atoms with van der Waals surface area (Å²) in [6.07, 6.45) is 9.37. The molecule has 3 aromatic heterocycles. The van der Waals surface area contributed by atoms with Crippen LogP contribution in [0.2, 0.25) is 0 Å². The summed E-state index contributed by atoms with van der Waals surface area (Å²) in [4.78, 5) is 18.1. The Hall–Kier alpha value is -2.96. The van der Waals surface area contributed by atoms with Crippen molar-refractivity contribution in [1.82, 2.24) is 19.7 Å². The van der Waals surface area contributed by atoms with E-state index in [0.29, 0.717) is 34.0 Å². The Morgan fingerprint density at radius 1 is 1.50 bits per heavy atom. The van der Waals surface area contributed by atoms with Crippen molar-refractivity contribution in [1.29, 1.82) is 5.26 Å². The van der Waals surface area contributed by atoms with Gasteiger partial charge in [-0.2, -0.15) is 5.26 Å². The van der Waals surface area contributed by atoms with Crippen molar-refractivity contribution in [3.8, 4) is 17.5 Å². The molecule has 7 nitrogen and oxygen atoms in total. The Morgan fingerprint density at radius 3 is 3.09 bits per heavy atom. The van der Waals surface area contributed by atoms with Crippen LogP contribution in [0.3, 0.4) is 0 Å². The highest BCUT2D eigenvalue weighted by atomic mass is 32.2. The molecule has 0 aliphatic heterocycles. The van der Waals surface area contributed by atoms with Crippen LogP contribution in [-0.2, 0) is 24.2 Å². The molecule has 3 heterocycles. The normalized spacial score (nSPS) is 15.1. The van der Waals surface area contributed by atoms with E-state index in [9.17, 15) is 10.1 Å². The summed E-state index contributed by atoms with van der Waals surface area (Å²) in [6, 6.07) is 6.07. The average Bonchev–Trinajstić information content (AvgIpc) is 3.38. The van der Waals surface area contributed by atoms with Crippen molar-refractivity contribution in [2.45, 2.75) is 44.3 Å². The van der Waals surface area contributed by atoms with Crippen LogP contribution in [0, 0.1) is 17.2 Å². The zero-order chi connectivity index (χ0) is 22.5. The quantitative estimate of drug-likeness (QED) is 0.383. The van der Waals surface area contributed by atoms with Gasteiger partial charge in [0.05, 0.1) is 11.3 Å². The third kappa shape index (κ3) is 4.61. The molecule has 3 aromatic rings. The van der Waals surface area contributed by atoms with Gasteiger partial charge >= 0.3 is 0 Å². The number of carbonyl (C=O) groups excluding carboxylic acids is 1. The van der Waals surface area contributed by atoms with Crippen molar-refractivity contribution in [3.05, 3.63) is 53.2 Å². The number of fused-ring (bicyclic) bond motifs is 1. The van der Waals surface area contributed by atoms with Gasteiger partial charge in [-0.1, -0.05) is 31.2 Å². The van der Waals surface area contributed by atoms with E-state index < -0.39 is 0 Å². The number of rotatable bonds is 8. The monoisotopic (exact) mass is 464 g/mol. The second-order valence-corrected chi connectivity index (χ2v) is 9.67. The molecule has 0 radical (unpaired) electrons. The van der Waals surface area contributed by atoms with E-state index in [0.717, 1.165) is 36.8 Å². The molecule has 0 spiro atoms. The maximum atomic E-state index is 12.7. The van der Waals surface area contributed by atoms with E-state index in [-0.39, 0.29) is 11.7 Å². The third-order valence-corrected chi connectivity index (χ3v) is 7.73. The number of aromatic nitrogens is 4. The predicted molar refractivity (Wildman–Crippen MR) is 128 cm³/mol. The third-order valence-electron chi connectivity index (χ3n) is 5.59. The van der Waals surface area contributed by atoms with Crippen molar-refractivity contribution >= 4 is 34.0 Å². The molecule has 1 aliphatic carbocycles. The van der Waals surface area contributed by atoms with Crippen LogP contribution >= 0.6 is 23.1 Å². The van der Waals surface area contributed by atoms with Gasteiger partial charge in [-0.3, -0.25) is 14.3 Å². The van der Waals surface area contributed by atoms with Gasteiger partial charge in [0, 0.05) is 29.4 Å². The number of thiophene rings is 1. The molecule has 1 N–H and O–H groups in total. The molecule has 0 saturated heterocycles. The number of nitrogens with one attached hydrogen (secondary N) is 1. The second kappa shape index (κ2) is 10.1. The average molecular weight is 465 g/mol. The Morgan fingerprint density at radius 2 is 2.38 bits per heavy atom. The van der Waals surface area contributed by atoms with Crippen LogP contribution in [0.5, 0.6) is 0 Å². The lowest BCUT2D eigenvalue weighted by Crippen LogP contribution is -2.15. The fourth-order valence-electron chi connectivity index (χ4n) is 3.90. The number of thioether (sulfide) groups is 1. The number of amides is 1. The Kier molecular flexibility index (Phi) is 7.02. The van der Waals surface area contributed by atoms with Gasteiger partial charge in [-0.25, -0.2) is 0 Å². The first-order chi connectivity index (χ1) is 15.6. The molecule has 0 saturated carbocycles. The number of anilines is 1. The van der Waals surface area contributed by atoms with Crippen molar-refractivity contribution in [3.63, 3.8) is 0 Å². The van der Waals surface area contributed by atoms with Gasteiger partial charge in [0.25, 0.3) is 0 Å². The maximum Gasteiger partial charge on any atom is 0.235 e. The van der Waals surface area contributed by atoms with E-state index in [1.165, 1.54) is 16.6 Å². The number of hydrogen-bond donors (Lipinski definition) is 1. The first-order valence-corrected chi connectivity index (χ1v) is 12.4. The van der Waals surface area contributed by atoms with Crippen LogP contribution in [-0.4, -0.2) is 31.4 Å². The minimum Gasteiger partial charge on any atom is -0.316 e. The molecule has 1 amide bonds. The topological polar surface area (TPSA) is 96.5 Å². The second-order valence-electron chi connectivity index (χ2n) is 7.62. The van der Waals surface area contributed by atoms with Crippen LogP contribution < -0.4 is 5.32 Å². The lowest BCUT2D eigenvalue weighted by atomic mass is 9.86. The SMILES string of the molecule is C=CCn1c(SCC(=O)Nc2sc3c(c2C#N)CCC(CC)C3)nnc1-c1cccnc1. The van der Waals surface area contributed by atoms with Gasteiger partial charge in [0.15, 0.2) is 11.0 Å². The zero-order valence-electron chi connectivity index (χ0n) is 17.9. The zero-order valence-corrected chi connectivity index (χ0v) is 19.5. The van der Waals surface area contributed by atoms with Crippen LogP contribution in [0.15, 0.2) is 42.3 Å². The smallest absolute Gasteiger partial charge is 0.235 e. The van der Waals surface area contributed by atoms with E-state index in [4.69, 9.17) is 0 Å². The standard InChI is InChI=1S/C23H24N6OS2/c1-3-10-29-21(16-6-5-9-25-13-16)27-28-23(29)31-14-20(30)26-22-18(12-24)17-8-7-15(4-2)11-19(17)32-22/h3,5-6,9,13,15H,1,4,7-8,10-11,14H2,2H3,(H,26,30). The summed E-state index contributed by atoms with van der Waals surface area (Å²) < 4.78 is 1.91. The summed E-state index contributed by atoms with van der Waals surface area (Å²) in [7, 11) is 0. The molecular formula is C23H24N6OS2. The molecule has 0 fully saturated rings. The van der Waals surface area contributed by atoms with E-state index in [1.807, 2.05) is 16.7 Å². The summed E-state index contributed by atoms with van der Waals surface area (Å²) in [5.74, 6) is 1.36. The fourth-order valence-corrected chi connectivity index (χ4v) is 5.98. The number of pyridine rings is 1. The number of allylic oxidation sites excluding steroid dienone is 1. The molecule has 9 heteroatoms. The number of nitrogens with zero attached hydrogens (tertiary/aromatic N) is 5. The van der Waals surface area contributed by atoms with Gasteiger partial charge in [0.1, 0.15) is 11.1 Å². The molecule has 0 bridgehead atoms. The highest BCUT2D eigenvalue weighted by molar-refractivity contribution is 7.99. The molecule has 1 aliphatic rings. The van der Waals surface area contributed by atoms with Gasteiger partial charge in [0.2, 0.25) is 5.91 Å². The molecule has 0 aromatic carbocycles. The molecule has 4 rings (SSSR count). The molecule has 32 heavy (non-hydrogen) atoms. The Labute approximate surface area is 195 Å². The minimum atomic E-state index is -0.159. The van der Waals surface area contributed by atoms with Crippen LogP contribution in [0.1, 0.15) is 35.8 Å². The number of nitriles is 1. The van der Waals surface area contributed by atoms with Crippen molar-refractivity contribution < 1.29 is 4.79 Å². The lowest BCUT2D eigenvalue weighted by molar-refractivity contribution is -0.113. The molecule has 1 unspecified atom stereocenters. The Balaban J connectivity index is 1.46. The summed E-state index contributed by atoms with van der Waals surface area (Å²) in [5.41, 5.74) is 2.61. The van der Waals surface area contributed by atoms with Crippen LogP contribution in [0.4, 0.5) is 5.00 Å².